The van der Waals surface area contributed by atoms with Gasteiger partial charge in [-0.05, 0) is 45.5 Å². The Hall–Kier alpha value is -1.45. The number of hydrogen-bond donors (Lipinski definition) is 2. The third kappa shape index (κ3) is 5.72. The molecule has 1 saturated carbocycles. The summed E-state index contributed by atoms with van der Waals surface area (Å²) in [6, 6.07) is 0.268. The third-order valence-corrected chi connectivity index (χ3v) is 8.71. The first-order valence-corrected chi connectivity index (χ1v) is 12.5. The molecule has 1 amide bonds. The molecule has 0 bridgehead atoms. The lowest BCUT2D eigenvalue weighted by Crippen LogP contribution is -2.48. The normalized spacial score (nSPS) is 28.3. The van der Waals surface area contributed by atoms with Gasteiger partial charge in [0.25, 0.3) is 5.56 Å². The summed E-state index contributed by atoms with van der Waals surface area (Å²) in [4.78, 5) is 27.4. The summed E-state index contributed by atoms with van der Waals surface area (Å²) >= 11 is 3.44. The molecule has 8 nitrogen and oxygen atoms in total. The number of halogens is 1. The van der Waals surface area contributed by atoms with Gasteiger partial charge in [-0.15, -0.1) is 0 Å². The van der Waals surface area contributed by atoms with E-state index in [-0.39, 0.29) is 29.5 Å². The van der Waals surface area contributed by atoms with Crippen LogP contribution >= 0.6 is 15.9 Å². The van der Waals surface area contributed by atoms with Gasteiger partial charge in [-0.3, -0.25) is 14.5 Å². The van der Waals surface area contributed by atoms with Crippen molar-refractivity contribution in [3.8, 4) is 0 Å². The van der Waals surface area contributed by atoms with E-state index in [2.05, 4.69) is 71.2 Å². The quantitative estimate of drug-likeness (QED) is 0.584. The summed E-state index contributed by atoms with van der Waals surface area (Å²) in [6.45, 7) is 16.0. The molecule has 2 heterocycles. The van der Waals surface area contributed by atoms with Gasteiger partial charge in [0, 0.05) is 32.2 Å². The van der Waals surface area contributed by atoms with Crippen molar-refractivity contribution in [2.75, 3.05) is 44.7 Å². The molecule has 0 spiro atoms. The first-order chi connectivity index (χ1) is 15.1. The molecule has 4 atom stereocenters. The monoisotopic (exact) mass is 511 g/mol. The van der Waals surface area contributed by atoms with Crippen LogP contribution in [0.1, 0.15) is 41.0 Å². The average Bonchev–Trinajstić information content (AvgIpc) is 2.76. The van der Waals surface area contributed by atoms with E-state index in [4.69, 9.17) is 4.74 Å². The van der Waals surface area contributed by atoms with Gasteiger partial charge >= 0.3 is 0 Å². The van der Waals surface area contributed by atoms with Crippen molar-refractivity contribution in [1.29, 1.82) is 0 Å². The largest absolute Gasteiger partial charge is 0.380 e. The average molecular weight is 512 g/mol. The Morgan fingerprint density at radius 1 is 1.28 bits per heavy atom. The fraction of sp³-hybridized carbons (Fsp3) is 0.783. The summed E-state index contributed by atoms with van der Waals surface area (Å²) in [6.07, 6.45) is 2.69. The first kappa shape index (κ1) is 25.2. The van der Waals surface area contributed by atoms with E-state index >= 15 is 0 Å². The molecule has 2 aliphatic rings. The summed E-state index contributed by atoms with van der Waals surface area (Å²) in [7, 11) is 0. The van der Waals surface area contributed by atoms with E-state index in [9.17, 15) is 9.59 Å². The molecule has 0 radical (unpaired) electrons. The van der Waals surface area contributed by atoms with Gasteiger partial charge in [0.05, 0.1) is 25.1 Å². The van der Waals surface area contributed by atoms with Gasteiger partial charge in [-0.1, -0.05) is 34.6 Å². The number of ether oxygens (including phenoxy) is 1. The van der Waals surface area contributed by atoms with Gasteiger partial charge in [-0.25, -0.2) is 4.68 Å². The second kappa shape index (κ2) is 10.7. The Bertz CT molecular complexity index is 853. The van der Waals surface area contributed by atoms with Crippen molar-refractivity contribution >= 4 is 27.5 Å². The summed E-state index contributed by atoms with van der Waals surface area (Å²) < 4.78 is 6.96. The molecular formula is C23H38BrN5O3. The van der Waals surface area contributed by atoms with E-state index in [0.717, 1.165) is 39.3 Å². The zero-order chi connectivity index (χ0) is 23.5. The lowest BCUT2D eigenvalue weighted by Gasteiger charge is -2.50. The number of carbonyl (C=O) groups is 1. The van der Waals surface area contributed by atoms with E-state index in [1.807, 2.05) is 0 Å². The van der Waals surface area contributed by atoms with Crippen molar-refractivity contribution < 1.29 is 9.53 Å². The highest BCUT2D eigenvalue weighted by atomic mass is 79.9. The number of anilines is 1. The molecule has 9 heteroatoms. The van der Waals surface area contributed by atoms with Crippen molar-refractivity contribution in [2.24, 2.45) is 23.2 Å². The Morgan fingerprint density at radius 3 is 2.66 bits per heavy atom. The zero-order valence-corrected chi connectivity index (χ0v) is 21.6. The molecule has 1 aliphatic carbocycles. The van der Waals surface area contributed by atoms with Crippen LogP contribution in [0.3, 0.4) is 0 Å². The Morgan fingerprint density at radius 2 is 1.97 bits per heavy atom. The molecule has 3 rings (SSSR count). The highest BCUT2D eigenvalue weighted by molar-refractivity contribution is 9.10. The molecule has 0 unspecified atom stereocenters. The standard InChI is InChI=1S/C23H38BrN5O3/c1-15-12-18(16(2)17(3)23(15,4)5)27-19-13-26-29(22(31)21(19)24)14-20(30)25-6-7-28-8-10-32-11-9-28/h13,15-18,27H,6-12,14H2,1-5H3,(H,25,30)/t15-,16+,17+,18+/m0/s1. The molecule has 32 heavy (non-hydrogen) atoms. The zero-order valence-electron chi connectivity index (χ0n) is 20.0. The molecule has 1 aliphatic heterocycles. The predicted octanol–water partition coefficient (Wildman–Crippen LogP) is 2.57. The maximum absolute atomic E-state index is 12.8. The number of aromatic nitrogens is 2. The van der Waals surface area contributed by atoms with Crippen molar-refractivity contribution in [3.05, 3.63) is 21.0 Å². The van der Waals surface area contributed by atoms with E-state index in [1.54, 1.807) is 6.20 Å². The second-order valence-corrected chi connectivity index (χ2v) is 10.8. The van der Waals surface area contributed by atoms with E-state index < -0.39 is 0 Å². The molecule has 0 aromatic carbocycles. The summed E-state index contributed by atoms with van der Waals surface area (Å²) in [5, 5.41) is 10.7. The summed E-state index contributed by atoms with van der Waals surface area (Å²) in [5.41, 5.74) is 0.671. The summed E-state index contributed by atoms with van der Waals surface area (Å²) in [5.74, 6) is 1.37. The molecule has 180 valence electrons. The topological polar surface area (TPSA) is 88.5 Å². The van der Waals surface area contributed by atoms with Crippen LogP contribution in [0.4, 0.5) is 5.69 Å². The lowest BCUT2D eigenvalue weighted by molar-refractivity contribution is -0.122. The predicted molar refractivity (Wildman–Crippen MR) is 130 cm³/mol. The number of nitrogens with zero attached hydrogens (tertiary/aromatic N) is 3. The van der Waals surface area contributed by atoms with Gasteiger partial charge in [-0.2, -0.15) is 5.10 Å². The van der Waals surface area contributed by atoms with E-state index in [0.29, 0.717) is 34.5 Å². The fourth-order valence-corrected chi connectivity index (χ4v) is 5.23. The minimum Gasteiger partial charge on any atom is -0.380 e. The number of nitrogens with one attached hydrogen (secondary N) is 2. The SMILES string of the molecule is C[C@@H]1[C@@H](C)C(C)(C)[C@@H](C)C[C@H]1Nc1cnn(CC(=O)NCCN2CCOCC2)c(=O)c1Br. The van der Waals surface area contributed by atoms with Crippen LogP contribution in [0.2, 0.25) is 0 Å². The Kier molecular flexibility index (Phi) is 8.38. The van der Waals surface area contributed by atoms with Gasteiger partial charge in [0.2, 0.25) is 5.91 Å². The highest BCUT2D eigenvalue weighted by Gasteiger charge is 2.43. The maximum atomic E-state index is 12.8. The number of rotatable bonds is 7. The van der Waals surface area contributed by atoms with Crippen LogP contribution in [-0.4, -0.2) is 66.0 Å². The number of hydrogen-bond acceptors (Lipinski definition) is 6. The third-order valence-electron chi connectivity index (χ3n) is 7.95. The molecule has 1 aromatic rings. The lowest BCUT2D eigenvalue weighted by atomic mass is 9.58. The van der Waals surface area contributed by atoms with Crippen LogP contribution in [0.15, 0.2) is 15.5 Å². The molecule has 1 aromatic heterocycles. The Balaban J connectivity index is 1.57. The van der Waals surface area contributed by atoms with Gasteiger partial charge < -0.3 is 15.4 Å². The number of carbonyl (C=O) groups excluding carboxylic acids is 1. The van der Waals surface area contributed by atoms with E-state index in [1.165, 1.54) is 4.68 Å². The molecular weight excluding hydrogens is 474 g/mol. The van der Waals surface area contributed by atoms with Gasteiger partial charge in [0.1, 0.15) is 11.0 Å². The Labute approximate surface area is 199 Å². The minimum absolute atomic E-state index is 0.0943. The fourth-order valence-electron chi connectivity index (χ4n) is 4.81. The highest BCUT2D eigenvalue weighted by Crippen LogP contribution is 2.48. The van der Waals surface area contributed by atoms with Crippen molar-refractivity contribution in [2.45, 2.75) is 53.6 Å². The van der Waals surface area contributed by atoms with Crippen LogP contribution in [0, 0.1) is 23.2 Å². The van der Waals surface area contributed by atoms with Crippen LogP contribution < -0.4 is 16.2 Å². The van der Waals surface area contributed by atoms with Crippen LogP contribution in [0.25, 0.3) is 0 Å². The maximum Gasteiger partial charge on any atom is 0.283 e. The first-order valence-electron chi connectivity index (χ1n) is 11.7. The van der Waals surface area contributed by atoms with Crippen LogP contribution in [0.5, 0.6) is 0 Å². The second-order valence-electron chi connectivity index (χ2n) is 10.00. The molecule has 2 fully saturated rings. The number of amides is 1. The molecule has 1 saturated heterocycles. The minimum atomic E-state index is -0.303. The molecule has 2 N–H and O–H groups in total. The number of morpholine rings is 1. The van der Waals surface area contributed by atoms with Crippen molar-refractivity contribution in [1.82, 2.24) is 20.0 Å². The van der Waals surface area contributed by atoms with Crippen molar-refractivity contribution in [3.63, 3.8) is 0 Å². The van der Waals surface area contributed by atoms with Gasteiger partial charge in [0.15, 0.2) is 0 Å². The van der Waals surface area contributed by atoms with Crippen LogP contribution in [-0.2, 0) is 16.1 Å². The smallest absolute Gasteiger partial charge is 0.283 e.